The van der Waals surface area contributed by atoms with Gasteiger partial charge in [-0.1, -0.05) is 6.92 Å². The molecule has 6 nitrogen and oxygen atoms in total. The monoisotopic (exact) mass is 366 g/mol. The number of rotatable bonds is 5. The van der Waals surface area contributed by atoms with Gasteiger partial charge >= 0.3 is 0 Å². The fraction of sp³-hybridized carbons (Fsp3) is 0.476. The van der Waals surface area contributed by atoms with Crippen LogP contribution in [0.5, 0.6) is 0 Å². The second-order valence-corrected chi connectivity index (χ2v) is 7.83. The Labute approximate surface area is 159 Å². The maximum atomic E-state index is 12.7. The van der Waals surface area contributed by atoms with E-state index in [2.05, 4.69) is 17.3 Å². The standard InChI is InChI=1S/C21H26N4O2/c1-15-3-2-10-24(13-15)21(27)18-6-8-19(9-7-18)25-14-16(12-23-25)11-22-20(26)17-4-5-17/h6-9,12,14-15,17H,2-5,10-11,13H2,1H3,(H,22,26)/t15-/m0/s1. The summed E-state index contributed by atoms with van der Waals surface area (Å²) >= 11 is 0. The van der Waals surface area contributed by atoms with Gasteiger partial charge in [0.25, 0.3) is 5.91 Å². The summed E-state index contributed by atoms with van der Waals surface area (Å²) in [5, 5.41) is 7.32. The van der Waals surface area contributed by atoms with Crippen LogP contribution in [0.15, 0.2) is 36.7 Å². The van der Waals surface area contributed by atoms with Crippen molar-refractivity contribution in [3.05, 3.63) is 47.8 Å². The molecular formula is C21H26N4O2. The largest absolute Gasteiger partial charge is 0.352 e. The van der Waals surface area contributed by atoms with Gasteiger partial charge < -0.3 is 10.2 Å². The van der Waals surface area contributed by atoms with Gasteiger partial charge in [0.2, 0.25) is 5.91 Å². The van der Waals surface area contributed by atoms with Crippen LogP contribution in [-0.2, 0) is 11.3 Å². The quantitative estimate of drug-likeness (QED) is 0.885. The number of amides is 2. The Morgan fingerprint density at radius 3 is 2.67 bits per heavy atom. The molecule has 2 amide bonds. The van der Waals surface area contributed by atoms with Crippen molar-refractivity contribution in [1.82, 2.24) is 20.0 Å². The number of piperidine rings is 1. The predicted octanol–water partition coefficient (Wildman–Crippen LogP) is 2.77. The van der Waals surface area contributed by atoms with Crippen molar-refractivity contribution >= 4 is 11.8 Å². The third kappa shape index (κ3) is 4.21. The molecule has 0 spiro atoms. The first-order chi connectivity index (χ1) is 13.1. The van der Waals surface area contributed by atoms with Crippen LogP contribution in [0.4, 0.5) is 0 Å². The van der Waals surface area contributed by atoms with E-state index in [0.717, 1.165) is 49.2 Å². The minimum absolute atomic E-state index is 0.108. The number of carbonyl (C=O) groups is 2. The van der Waals surface area contributed by atoms with Gasteiger partial charge in [-0.3, -0.25) is 9.59 Å². The molecule has 0 bridgehead atoms. The average molecular weight is 366 g/mol. The van der Waals surface area contributed by atoms with Gasteiger partial charge in [0.1, 0.15) is 0 Å². The van der Waals surface area contributed by atoms with E-state index >= 15 is 0 Å². The molecule has 142 valence electrons. The maximum Gasteiger partial charge on any atom is 0.253 e. The third-order valence-corrected chi connectivity index (χ3v) is 5.37. The zero-order chi connectivity index (χ0) is 18.8. The lowest BCUT2D eigenvalue weighted by atomic mass is 9.99. The Morgan fingerprint density at radius 2 is 1.96 bits per heavy atom. The topological polar surface area (TPSA) is 67.2 Å². The number of hydrogen-bond acceptors (Lipinski definition) is 3. The molecule has 2 fully saturated rings. The number of carbonyl (C=O) groups excluding carboxylic acids is 2. The second kappa shape index (κ2) is 7.55. The van der Waals surface area contributed by atoms with E-state index in [9.17, 15) is 9.59 Å². The number of nitrogens with zero attached hydrogens (tertiary/aromatic N) is 3. The molecule has 1 atom stereocenters. The van der Waals surface area contributed by atoms with Crippen molar-refractivity contribution in [2.24, 2.45) is 11.8 Å². The van der Waals surface area contributed by atoms with Crippen LogP contribution in [0.3, 0.4) is 0 Å². The molecule has 6 heteroatoms. The van der Waals surface area contributed by atoms with Gasteiger partial charge in [-0.15, -0.1) is 0 Å². The smallest absolute Gasteiger partial charge is 0.253 e. The molecule has 2 aromatic rings. The van der Waals surface area contributed by atoms with E-state index in [-0.39, 0.29) is 17.7 Å². The van der Waals surface area contributed by atoms with E-state index in [4.69, 9.17) is 0 Å². The van der Waals surface area contributed by atoms with Crippen molar-refractivity contribution < 1.29 is 9.59 Å². The van der Waals surface area contributed by atoms with Crippen LogP contribution in [0, 0.1) is 11.8 Å². The Bertz CT molecular complexity index is 823. The van der Waals surface area contributed by atoms with Crippen LogP contribution in [0.25, 0.3) is 5.69 Å². The molecule has 0 radical (unpaired) electrons. The van der Waals surface area contributed by atoms with E-state index in [0.29, 0.717) is 12.5 Å². The maximum absolute atomic E-state index is 12.7. The number of nitrogens with one attached hydrogen (secondary N) is 1. The molecule has 4 rings (SSSR count). The molecule has 1 aromatic heterocycles. The predicted molar refractivity (Wildman–Crippen MR) is 102 cm³/mol. The first-order valence-corrected chi connectivity index (χ1v) is 9.81. The summed E-state index contributed by atoms with van der Waals surface area (Å²) in [4.78, 5) is 26.4. The van der Waals surface area contributed by atoms with Crippen molar-refractivity contribution in [3.8, 4) is 5.69 Å². The van der Waals surface area contributed by atoms with Crippen LogP contribution < -0.4 is 5.32 Å². The zero-order valence-corrected chi connectivity index (χ0v) is 15.7. The Hall–Kier alpha value is -2.63. The van der Waals surface area contributed by atoms with E-state index in [1.807, 2.05) is 35.4 Å². The lowest BCUT2D eigenvalue weighted by molar-refractivity contribution is -0.122. The fourth-order valence-electron chi connectivity index (χ4n) is 3.58. The molecule has 1 aromatic carbocycles. The first kappa shape index (κ1) is 17.8. The summed E-state index contributed by atoms with van der Waals surface area (Å²) in [6.45, 7) is 4.39. The highest BCUT2D eigenvalue weighted by Gasteiger charge is 2.29. The molecule has 2 heterocycles. The number of hydrogen-bond donors (Lipinski definition) is 1. The average Bonchev–Trinajstić information content (AvgIpc) is 3.44. The Morgan fingerprint density at radius 1 is 1.19 bits per heavy atom. The summed E-state index contributed by atoms with van der Waals surface area (Å²) in [5.41, 5.74) is 2.58. The van der Waals surface area contributed by atoms with Crippen molar-refractivity contribution in [2.45, 2.75) is 39.2 Å². The van der Waals surface area contributed by atoms with E-state index < -0.39 is 0 Å². The van der Waals surface area contributed by atoms with Crippen molar-refractivity contribution in [1.29, 1.82) is 0 Å². The molecule has 1 N–H and O–H groups in total. The molecule has 1 saturated heterocycles. The molecule has 1 saturated carbocycles. The number of benzene rings is 1. The molecule has 27 heavy (non-hydrogen) atoms. The summed E-state index contributed by atoms with van der Waals surface area (Å²) in [5.74, 6) is 1.03. The van der Waals surface area contributed by atoms with Gasteiger partial charge in [-0.2, -0.15) is 5.10 Å². The van der Waals surface area contributed by atoms with Crippen LogP contribution >= 0.6 is 0 Å². The normalized spacial score (nSPS) is 19.7. The third-order valence-electron chi connectivity index (χ3n) is 5.37. The molecular weight excluding hydrogens is 340 g/mol. The van der Waals surface area contributed by atoms with Gasteiger partial charge in [-0.25, -0.2) is 4.68 Å². The molecule has 2 aliphatic rings. The minimum Gasteiger partial charge on any atom is -0.352 e. The first-order valence-electron chi connectivity index (χ1n) is 9.81. The van der Waals surface area contributed by atoms with Crippen LogP contribution in [0.2, 0.25) is 0 Å². The Kier molecular flexibility index (Phi) is 4.97. The number of likely N-dealkylation sites (tertiary alicyclic amines) is 1. The van der Waals surface area contributed by atoms with Crippen LogP contribution in [-0.4, -0.2) is 39.6 Å². The van der Waals surface area contributed by atoms with Gasteiger partial charge in [0.15, 0.2) is 0 Å². The highest BCUT2D eigenvalue weighted by Crippen LogP contribution is 2.28. The highest BCUT2D eigenvalue weighted by atomic mass is 16.2. The second-order valence-electron chi connectivity index (χ2n) is 7.83. The fourth-order valence-corrected chi connectivity index (χ4v) is 3.58. The van der Waals surface area contributed by atoms with Crippen LogP contribution in [0.1, 0.15) is 48.5 Å². The van der Waals surface area contributed by atoms with E-state index in [1.54, 1.807) is 10.9 Å². The van der Waals surface area contributed by atoms with Gasteiger partial charge in [-0.05, 0) is 55.9 Å². The van der Waals surface area contributed by atoms with Crippen molar-refractivity contribution in [2.75, 3.05) is 13.1 Å². The lowest BCUT2D eigenvalue weighted by Gasteiger charge is -2.31. The van der Waals surface area contributed by atoms with Gasteiger partial charge in [0, 0.05) is 42.9 Å². The highest BCUT2D eigenvalue weighted by molar-refractivity contribution is 5.94. The lowest BCUT2D eigenvalue weighted by Crippen LogP contribution is -2.39. The summed E-state index contributed by atoms with van der Waals surface area (Å²) in [6, 6.07) is 7.57. The minimum atomic E-state index is 0.108. The Balaban J connectivity index is 1.38. The van der Waals surface area contributed by atoms with Gasteiger partial charge in [0.05, 0.1) is 11.9 Å². The zero-order valence-electron chi connectivity index (χ0n) is 15.7. The van der Waals surface area contributed by atoms with E-state index in [1.165, 1.54) is 6.42 Å². The SMILES string of the molecule is C[C@H]1CCCN(C(=O)c2ccc(-n3cc(CNC(=O)C4CC4)cn3)cc2)C1. The summed E-state index contributed by atoms with van der Waals surface area (Å²) in [7, 11) is 0. The molecule has 0 unspecified atom stereocenters. The molecule has 1 aliphatic carbocycles. The summed E-state index contributed by atoms with van der Waals surface area (Å²) in [6.07, 6.45) is 7.97. The number of aromatic nitrogens is 2. The van der Waals surface area contributed by atoms with Crippen molar-refractivity contribution in [3.63, 3.8) is 0 Å². The summed E-state index contributed by atoms with van der Waals surface area (Å²) < 4.78 is 1.77. The molecule has 1 aliphatic heterocycles.